The normalized spacial score (nSPS) is 12.8. The van der Waals surface area contributed by atoms with Crippen molar-refractivity contribution in [2.24, 2.45) is 0 Å². The summed E-state index contributed by atoms with van der Waals surface area (Å²) in [5.41, 5.74) is 1.62. The first-order valence-electron chi connectivity index (χ1n) is 7.17. The summed E-state index contributed by atoms with van der Waals surface area (Å²) in [5.74, 6) is -0.518. The average molecular weight is 338 g/mol. The van der Waals surface area contributed by atoms with Gasteiger partial charge in [0.2, 0.25) is 0 Å². The molecule has 1 unspecified atom stereocenters. The van der Waals surface area contributed by atoms with Gasteiger partial charge in [-0.2, -0.15) is 0 Å². The first-order valence-corrected chi connectivity index (χ1v) is 8.99. The molecule has 1 atom stereocenters. The molecule has 0 aliphatic heterocycles. The van der Waals surface area contributed by atoms with E-state index >= 15 is 0 Å². The number of hydrogen-bond donors (Lipinski definition) is 1. The van der Waals surface area contributed by atoms with E-state index in [0.717, 1.165) is 11.1 Å². The van der Waals surface area contributed by atoms with Crippen molar-refractivity contribution in [2.75, 3.05) is 12.4 Å². The van der Waals surface area contributed by atoms with Gasteiger partial charge in [0.15, 0.2) is 9.84 Å². The number of aliphatic hydroxyl groups excluding tert-OH is 1. The van der Waals surface area contributed by atoms with E-state index < -0.39 is 21.8 Å². The minimum absolute atomic E-state index is 0.118. The molecule has 6 heteroatoms. The van der Waals surface area contributed by atoms with E-state index in [9.17, 15) is 17.9 Å². The molecule has 2 rings (SSSR count). The van der Waals surface area contributed by atoms with Crippen LogP contribution in [0.4, 0.5) is 4.39 Å². The maximum absolute atomic E-state index is 12.8. The van der Waals surface area contributed by atoms with Gasteiger partial charge in [-0.25, -0.2) is 12.8 Å². The summed E-state index contributed by atoms with van der Waals surface area (Å²) in [6, 6.07) is 12.5. The molecule has 0 aliphatic carbocycles. The Morgan fingerprint density at radius 2 is 1.78 bits per heavy atom. The average Bonchev–Trinajstić information content (AvgIpc) is 2.48. The van der Waals surface area contributed by atoms with Gasteiger partial charge < -0.3 is 9.84 Å². The van der Waals surface area contributed by atoms with Crippen LogP contribution in [0.1, 0.15) is 11.1 Å². The lowest BCUT2D eigenvalue weighted by atomic mass is 10.1. The van der Waals surface area contributed by atoms with E-state index in [2.05, 4.69) is 0 Å². The van der Waals surface area contributed by atoms with E-state index in [1.807, 2.05) is 19.1 Å². The van der Waals surface area contributed by atoms with Crippen LogP contribution >= 0.6 is 0 Å². The van der Waals surface area contributed by atoms with Gasteiger partial charge in [-0.1, -0.05) is 24.3 Å². The summed E-state index contributed by atoms with van der Waals surface area (Å²) in [6.07, 6.45) is -1.14. The molecule has 124 valence electrons. The van der Waals surface area contributed by atoms with E-state index in [-0.39, 0.29) is 18.1 Å². The molecule has 0 fully saturated rings. The summed E-state index contributed by atoms with van der Waals surface area (Å²) in [4.78, 5) is 0. The number of aliphatic hydroxyl groups is 1. The van der Waals surface area contributed by atoms with Gasteiger partial charge in [0.1, 0.15) is 24.3 Å². The lowest BCUT2D eigenvalue weighted by Gasteiger charge is -2.13. The molecule has 0 bridgehead atoms. The summed E-state index contributed by atoms with van der Waals surface area (Å²) < 4.78 is 42.3. The van der Waals surface area contributed by atoms with Gasteiger partial charge in [-0.15, -0.1) is 0 Å². The van der Waals surface area contributed by atoms with Crippen LogP contribution in [0.3, 0.4) is 0 Å². The molecule has 2 aromatic rings. The van der Waals surface area contributed by atoms with Crippen molar-refractivity contribution < 1.29 is 22.7 Å². The molecule has 0 saturated heterocycles. The third-order valence-corrected chi connectivity index (χ3v) is 4.98. The second kappa shape index (κ2) is 7.57. The van der Waals surface area contributed by atoms with Crippen molar-refractivity contribution in [1.29, 1.82) is 0 Å². The van der Waals surface area contributed by atoms with Gasteiger partial charge >= 0.3 is 0 Å². The minimum atomic E-state index is -3.46. The molecule has 0 spiro atoms. The monoisotopic (exact) mass is 338 g/mol. The van der Waals surface area contributed by atoms with E-state index in [0.29, 0.717) is 5.75 Å². The molecule has 0 heterocycles. The Balaban J connectivity index is 1.89. The second-order valence-corrected chi connectivity index (χ2v) is 7.51. The molecule has 0 radical (unpaired) electrons. The largest absolute Gasteiger partial charge is 0.491 e. The zero-order chi connectivity index (χ0) is 16.9. The SMILES string of the molecule is Cc1ccccc1CS(=O)(=O)CC(O)COc1ccc(F)cc1. The fraction of sp³-hybridized carbons (Fsp3) is 0.294. The Kier molecular flexibility index (Phi) is 5.74. The van der Waals surface area contributed by atoms with Gasteiger partial charge in [-0.05, 0) is 42.3 Å². The van der Waals surface area contributed by atoms with Crippen molar-refractivity contribution >= 4 is 9.84 Å². The maximum Gasteiger partial charge on any atom is 0.157 e. The van der Waals surface area contributed by atoms with Crippen molar-refractivity contribution in [3.05, 3.63) is 65.5 Å². The molecule has 2 aromatic carbocycles. The van der Waals surface area contributed by atoms with Gasteiger partial charge in [-0.3, -0.25) is 0 Å². The Bertz CT molecular complexity index is 741. The molecule has 0 aliphatic rings. The van der Waals surface area contributed by atoms with Gasteiger partial charge in [0.05, 0.1) is 11.5 Å². The molecule has 0 aromatic heterocycles. The summed E-state index contributed by atoms with van der Waals surface area (Å²) in [7, 11) is -3.46. The molecule has 4 nitrogen and oxygen atoms in total. The maximum atomic E-state index is 12.8. The number of rotatable bonds is 7. The predicted octanol–water partition coefficient (Wildman–Crippen LogP) is 2.49. The van der Waals surface area contributed by atoms with Crippen molar-refractivity contribution in [1.82, 2.24) is 0 Å². The Hall–Kier alpha value is -1.92. The Morgan fingerprint density at radius 3 is 2.43 bits per heavy atom. The smallest absolute Gasteiger partial charge is 0.157 e. The number of hydrogen-bond acceptors (Lipinski definition) is 4. The molecule has 0 amide bonds. The number of halogens is 1. The third kappa shape index (κ3) is 5.65. The minimum Gasteiger partial charge on any atom is -0.491 e. The lowest BCUT2D eigenvalue weighted by Crippen LogP contribution is -2.28. The molecular weight excluding hydrogens is 319 g/mol. The molecular formula is C17H19FO4S. The van der Waals surface area contributed by atoms with Gasteiger partial charge in [0.25, 0.3) is 0 Å². The zero-order valence-electron chi connectivity index (χ0n) is 12.8. The second-order valence-electron chi connectivity index (χ2n) is 5.40. The van der Waals surface area contributed by atoms with Crippen LogP contribution in [-0.2, 0) is 15.6 Å². The number of aryl methyl sites for hydroxylation is 1. The van der Waals surface area contributed by atoms with Crippen LogP contribution in [0.2, 0.25) is 0 Å². The van der Waals surface area contributed by atoms with Crippen molar-refractivity contribution in [2.45, 2.75) is 18.8 Å². The van der Waals surface area contributed by atoms with Crippen LogP contribution in [0.5, 0.6) is 5.75 Å². The topological polar surface area (TPSA) is 63.6 Å². The van der Waals surface area contributed by atoms with Gasteiger partial charge in [0, 0.05) is 0 Å². The highest BCUT2D eigenvalue weighted by molar-refractivity contribution is 7.90. The van der Waals surface area contributed by atoms with E-state index in [1.165, 1.54) is 24.3 Å². The zero-order valence-corrected chi connectivity index (χ0v) is 13.6. The highest BCUT2D eigenvalue weighted by atomic mass is 32.2. The fourth-order valence-electron chi connectivity index (χ4n) is 2.13. The van der Waals surface area contributed by atoms with Crippen LogP contribution in [0.25, 0.3) is 0 Å². The fourth-order valence-corrected chi connectivity index (χ4v) is 3.73. The van der Waals surface area contributed by atoms with Crippen LogP contribution in [0.15, 0.2) is 48.5 Å². The highest BCUT2D eigenvalue weighted by Gasteiger charge is 2.19. The lowest BCUT2D eigenvalue weighted by molar-refractivity contribution is 0.125. The van der Waals surface area contributed by atoms with E-state index in [4.69, 9.17) is 4.74 Å². The highest BCUT2D eigenvalue weighted by Crippen LogP contribution is 2.14. The number of ether oxygens (including phenoxy) is 1. The third-order valence-electron chi connectivity index (χ3n) is 3.34. The number of sulfone groups is 1. The summed E-state index contributed by atoms with van der Waals surface area (Å²) >= 11 is 0. The Morgan fingerprint density at radius 1 is 1.13 bits per heavy atom. The van der Waals surface area contributed by atoms with Crippen molar-refractivity contribution in [3.8, 4) is 5.75 Å². The van der Waals surface area contributed by atoms with Crippen LogP contribution < -0.4 is 4.74 Å². The molecule has 1 N–H and O–H groups in total. The first-order chi connectivity index (χ1) is 10.9. The van der Waals surface area contributed by atoms with Crippen LogP contribution in [-0.4, -0.2) is 32.0 Å². The van der Waals surface area contributed by atoms with Crippen LogP contribution in [0, 0.1) is 12.7 Å². The molecule has 23 heavy (non-hydrogen) atoms. The Labute approximate surface area is 135 Å². The molecule has 0 saturated carbocycles. The summed E-state index contributed by atoms with van der Waals surface area (Å²) in [6.45, 7) is 1.68. The standard InChI is InChI=1S/C17H19FO4S/c1-13-4-2-3-5-14(13)11-23(20,21)12-16(19)10-22-17-8-6-15(18)7-9-17/h2-9,16,19H,10-12H2,1H3. The van der Waals surface area contributed by atoms with Crippen molar-refractivity contribution in [3.63, 3.8) is 0 Å². The first kappa shape index (κ1) is 17.4. The predicted molar refractivity (Wildman–Crippen MR) is 86.6 cm³/mol. The van der Waals surface area contributed by atoms with E-state index in [1.54, 1.807) is 12.1 Å². The summed E-state index contributed by atoms with van der Waals surface area (Å²) in [5, 5.41) is 9.87. The quantitative estimate of drug-likeness (QED) is 0.842. The number of benzene rings is 2.